The summed E-state index contributed by atoms with van der Waals surface area (Å²) in [5.41, 5.74) is 0. The maximum absolute atomic E-state index is 10.9. The predicted molar refractivity (Wildman–Crippen MR) is 36.2 cm³/mol. The average Bonchev–Trinajstić information content (AvgIpc) is 1.88. The van der Waals surface area contributed by atoms with E-state index in [0.29, 0.717) is 13.0 Å². The highest BCUT2D eigenvalue weighted by molar-refractivity contribution is 6.00. The lowest BCUT2D eigenvalue weighted by atomic mass is 10.1. The molecule has 3 nitrogen and oxygen atoms in total. The molecule has 0 saturated carbocycles. The lowest BCUT2D eigenvalue weighted by Gasteiger charge is -2.21. The van der Waals surface area contributed by atoms with Crippen LogP contribution in [0.1, 0.15) is 12.8 Å². The summed E-state index contributed by atoms with van der Waals surface area (Å²) >= 11 is 0. The molecule has 1 amide bonds. The van der Waals surface area contributed by atoms with Crippen molar-refractivity contribution in [3.05, 3.63) is 12.8 Å². The highest BCUT2D eigenvalue weighted by Crippen LogP contribution is 2.06. The summed E-state index contributed by atoms with van der Waals surface area (Å²) in [6.45, 7) is 3.95. The fraction of sp³-hybridized carbons (Fsp3) is 0.429. The van der Waals surface area contributed by atoms with Gasteiger partial charge in [-0.3, -0.25) is 9.59 Å². The Morgan fingerprint density at radius 3 is 2.70 bits per heavy atom. The number of Topliss-reactive ketones (excluding diaryl/α,β-unsaturated/α-hetero) is 1. The van der Waals surface area contributed by atoms with Gasteiger partial charge in [0.15, 0.2) is 0 Å². The third-order valence-electron chi connectivity index (χ3n) is 1.52. The van der Waals surface area contributed by atoms with Crippen LogP contribution in [0.4, 0.5) is 0 Å². The highest BCUT2D eigenvalue weighted by atomic mass is 16.2. The second-order valence-electron chi connectivity index (χ2n) is 2.24. The van der Waals surface area contributed by atoms with E-state index in [4.69, 9.17) is 0 Å². The molecule has 0 unspecified atom stereocenters. The standard InChI is InChI=1S/C7H9NO2/c1-2-8-4-3-6(9)5-7(8)10/h2H,1,3-5H2. The van der Waals surface area contributed by atoms with Crippen molar-refractivity contribution in [1.82, 2.24) is 4.90 Å². The zero-order valence-corrected chi connectivity index (χ0v) is 5.67. The molecule has 0 N–H and O–H groups in total. The quantitative estimate of drug-likeness (QED) is 0.491. The fourth-order valence-electron chi connectivity index (χ4n) is 0.922. The van der Waals surface area contributed by atoms with E-state index in [1.54, 1.807) is 0 Å². The van der Waals surface area contributed by atoms with Crippen molar-refractivity contribution >= 4 is 11.7 Å². The van der Waals surface area contributed by atoms with Gasteiger partial charge in [0, 0.05) is 13.0 Å². The minimum Gasteiger partial charge on any atom is -0.319 e. The SMILES string of the molecule is C=CN1CCC(=O)CC1=O. The average molecular weight is 139 g/mol. The third-order valence-corrected chi connectivity index (χ3v) is 1.52. The van der Waals surface area contributed by atoms with Gasteiger partial charge in [0.05, 0.1) is 6.42 Å². The van der Waals surface area contributed by atoms with E-state index in [-0.39, 0.29) is 18.1 Å². The molecule has 54 valence electrons. The second kappa shape index (κ2) is 2.64. The van der Waals surface area contributed by atoms with Crippen LogP contribution in [0.15, 0.2) is 12.8 Å². The maximum atomic E-state index is 10.9. The molecule has 0 bridgehead atoms. The van der Waals surface area contributed by atoms with Crippen LogP contribution < -0.4 is 0 Å². The van der Waals surface area contributed by atoms with Gasteiger partial charge < -0.3 is 4.90 Å². The lowest BCUT2D eigenvalue weighted by Crippen LogP contribution is -2.34. The van der Waals surface area contributed by atoms with Crippen molar-refractivity contribution in [3.63, 3.8) is 0 Å². The summed E-state index contributed by atoms with van der Waals surface area (Å²) in [6.07, 6.45) is 1.98. The number of ketones is 1. The van der Waals surface area contributed by atoms with Gasteiger partial charge in [-0.1, -0.05) is 6.58 Å². The molecule has 10 heavy (non-hydrogen) atoms. The van der Waals surface area contributed by atoms with E-state index in [9.17, 15) is 9.59 Å². The van der Waals surface area contributed by atoms with Crippen LogP contribution in [0.25, 0.3) is 0 Å². The number of rotatable bonds is 1. The molecule has 1 rings (SSSR count). The first kappa shape index (κ1) is 6.99. The molecule has 1 heterocycles. The molecule has 0 aromatic heterocycles. The number of carbonyl (C=O) groups is 2. The van der Waals surface area contributed by atoms with Crippen molar-refractivity contribution in [3.8, 4) is 0 Å². The Morgan fingerprint density at radius 1 is 1.50 bits per heavy atom. The van der Waals surface area contributed by atoms with Crippen LogP contribution >= 0.6 is 0 Å². The van der Waals surface area contributed by atoms with Gasteiger partial charge >= 0.3 is 0 Å². The zero-order valence-electron chi connectivity index (χ0n) is 5.67. The van der Waals surface area contributed by atoms with E-state index in [0.717, 1.165) is 0 Å². The Kier molecular flexibility index (Phi) is 1.85. The van der Waals surface area contributed by atoms with Gasteiger partial charge in [-0.2, -0.15) is 0 Å². The molecule has 1 aliphatic heterocycles. The smallest absolute Gasteiger partial charge is 0.233 e. The molecule has 1 fully saturated rings. The first-order chi connectivity index (χ1) is 4.74. The lowest BCUT2D eigenvalue weighted by molar-refractivity contribution is -0.137. The summed E-state index contributed by atoms with van der Waals surface area (Å²) in [6, 6.07) is 0. The predicted octanol–water partition coefficient (Wildman–Crippen LogP) is 0.321. The summed E-state index contributed by atoms with van der Waals surface area (Å²) in [5.74, 6) is -0.102. The Balaban J connectivity index is 2.59. The number of carbonyl (C=O) groups excluding carboxylic acids is 2. The number of hydrogen-bond donors (Lipinski definition) is 0. The van der Waals surface area contributed by atoms with Gasteiger partial charge in [-0.05, 0) is 6.20 Å². The number of amides is 1. The van der Waals surface area contributed by atoms with Gasteiger partial charge in [-0.25, -0.2) is 0 Å². The van der Waals surface area contributed by atoms with Crippen molar-refractivity contribution in [1.29, 1.82) is 0 Å². The van der Waals surface area contributed by atoms with Crippen molar-refractivity contribution < 1.29 is 9.59 Å². The molecule has 1 saturated heterocycles. The Labute approximate surface area is 59.3 Å². The van der Waals surface area contributed by atoms with Gasteiger partial charge in [0.1, 0.15) is 5.78 Å². The van der Waals surface area contributed by atoms with E-state index in [1.807, 2.05) is 0 Å². The Morgan fingerprint density at radius 2 is 2.20 bits per heavy atom. The molecule has 0 radical (unpaired) electrons. The largest absolute Gasteiger partial charge is 0.319 e. The number of hydrogen-bond acceptors (Lipinski definition) is 2. The molecular formula is C7H9NO2. The summed E-state index contributed by atoms with van der Waals surface area (Å²) in [5, 5.41) is 0. The van der Waals surface area contributed by atoms with Crippen molar-refractivity contribution in [2.24, 2.45) is 0 Å². The zero-order chi connectivity index (χ0) is 7.56. The molecule has 3 heteroatoms. The maximum Gasteiger partial charge on any atom is 0.233 e. The minimum absolute atomic E-state index is 0.0306. The Hall–Kier alpha value is -1.12. The normalized spacial score (nSPS) is 19.4. The minimum atomic E-state index is -0.133. The van der Waals surface area contributed by atoms with Crippen LogP contribution in [0.2, 0.25) is 0 Å². The summed E-state index contributed by atoms with van der Waals surface area (Å²) < 4.78 is 0. The first-order valence-electron chi connectivity index (χ1n) is 3.18. The molecule has 0 aromatic carbocycles. The number of nitrogens with zero attached hydrogens (tertiary/aromatic N) is 1. The fourth-order valence-corrected chi connectivity index (χ4v) is 0.922. The van der Waals surface area contributed by atoms with E-state index in [1.165, 1.54) is 11.1 Å². The van der Waals surface area contributed by atoms with Crippen LogP contribution in [-0.2, 0) is 9.59 Å². The van der Waals surface area contributed by atoms with E-state index in [2.05, 4.69) is 6.58 Å². The molecule has 1 aliphatic rings. The number of piperidine rings is 1. The number of likely N-dealkylation sites (tertiary alicyclic amines) is 1. The van der Waals surface area contributed by atoms with Gasteiger partial charge in [0.25, 0.3) is 0 Å². The first-order valence-corrected chi connectivity index (χ1v) is 3.18. The Bertz CT molecular complexity index is 186. The monoisotopic (exact) mass is 139 g/mol. The van der Waals surface area contributed by atoms with Crippen LogP contribution in [0.3, 0.4) is 0 Å². The van der Waals surface area contributed by atoms with Crippen LogP contribution in [-0.4, -0.2) is 23.1 Å². The van der Waals surface area contributed by atoms with E-state index >= 15 is 0 Å². The molecule has 0 spiro atoms. The third kappa shape index (κ3) is 1.23. The molecule has 0 aromatic rings. The molecular weight excluding hydrogens is 130 g/mol. The van der Waals surface area contributed by atoms with Crippen LogP contribution in [0, 0.1) is 0 Å². The molecule has 0 aliphatic carbocycles. The summed E-state index contributed by atoms with van der Waals surface area (Å²) in [4.78, 5) is 23.0. The van der Waals surface area contributed by atoms with Gasteiger partial charge in [0.2, 0.25) is 5.91 Å². The summed E-state index contributed by atoms with van der Waals surface area (Å²) in [7, 11) is 0. The van der Waals surface area contributed by atoms with Crippen molar-refractivity contribution in [2.75, 3.05) is 6.54 Å². The van der Waals surface area contributed by atoms with Crippen LogP contribution in [0.5, 0.6) is 0 Å². The highest BCUT2D eigenvalue weighted by Gasteiger charge is 2.20. The van der Waals surface area contributed by atoms with Crippen molar-refractivity contribution in [2.45, 2.75) is 12.8 Å². The second-order valence-corrected chi connectivity index (χ2v) is 2.24. The topological polar surface area (TPSA) is 37.4 Å². The van der Waals surface area contributed by atoms with E-state index < -0.39 is 0 Å². The molecule has 0 atom stereocenters. The van der Waals surface area contributed by atoms with Gasteiger partial charge in [-0.15, -0.1) is 0 Å².